The van der Waals surface area contributed by atoms with Gasteiger partial charge in [0.2, 0.25) is 0 Å². The highest BCUT2D eigenvalue weighted by atomic mass is 16.5. The summed E-state index contributed by atoms with van der Waals surface area (Å²) in [6, 6.07) is 13.0. The van der Waals surface area contributed by atoms with Crippen molar-refractivity contribution in [3.8, 4) is 17.0 Å². The largest absolute Gasteiger partial charge is 0.493 e. The van der Waals surface area contributed by atoms with Gasteiger partial charge in [-0.05, 0) is 30.7 Å². The molecule has 0 aliphatic carbocycles. The van der Waals surface area contributed by atoms with Gasteiger partial charge in [0, 0.05) is 23.5 Å². The monoisotopic (exact) mass is 363 g/mol. The van der Waals surface area contributed by atoms with E-state index in [1.54, 1.807) is 24.5 Å². The van der Waals surface area contributed by atoms with Crippen LogP contribution in [0.5, 0.6) is 5.75 Å². The molecule has 0 saturated carbocycles. The van der Waals surface area contributed by atoms with Crippen molar-refractivity contribution < 1.29 is 9.53 Å². The number of carbonyl (C=O) groups excluding carboxylic acids is 1. The molecule has 0 bridgehead atoms. The molecule has 0 spiro atoms. The molecule has 7 nitrogen and oxygen atoms in total. The summed E-state index contributed by atoms with van der Waals surface area (Å²) in [6.45, 7) is 2.76. The number of pyridine rings is 1. The second-order valence-electron chi connectivity index (χ2n) is 5.85. The van der Waals surface area contributed by atoms with E-state index in [2.05, 4.69) is 32.6 Å². The molecule has 0 saturated heterocycles. The molecule has 27 heavy (non-hydrogen) atoms. The Morgan fingerprint density at radius 2 is 2.19 bits per heavy atom. The van der Waals surface area contributed by atoms with Crippen molar-refractivity contribution in [1.82, 2.24) is 20.6 Å². The average molecular weight is 363 g/mol. The quantitative estimate of drug-likeness (QED) is 0.364. The first-order valence-corrected chi connectivity index (χ1v) is 8.79. The van der Waals surface area contributed by atoms with E-state index in [9.17, 15) is 4.79 Å². The van der Waals surface area contributed by atoms with Crippen LogP contribution in [-0.2, 0) is 0 Å². The number of aromatic amines is 1. The van der Waals surface area contributed by atoms with Gasteiger partial charge >= 0.3 is 0 Å². The maximum Gasteiger partial charge on any atom is 0.289 e. The van der Waals surface area contributed by atoms with Gasteiger partial charge in [-0.1, -0.05) is 31.5 Å². The van der Waals surface area contributed by atoms with Crippen molar-refractivity contribution in [3.63, 3.8) is 0 Å². The van der Waals surface area contributed by atoms with Gasteiger partial charge < -0.3 is 4.74 Å². The van der Waals surface area contributed by atoms with Crippen molar-refractivity contribution in [3.05, 3.63) is 66.1 Å². The molecule has 0 unspecified atom stereocenters. The number of nitrogens with one attached hydrogen (secondary N) is 2. The van der Waals surface area contributed by atoms with Gasteiger partial charge in [-0.15, -0.1) is 0 Å². The molecule has 3 aromatic rings. The van der Waals surface area contributed by atoms with Crippen LogP contribution in [0.1, 0.15) is 35.8 Å². The first-order valence-electron chi connectivity index (χ1n) is 8.79. The zero-order valence-electron chi connectivity index (χ0n) is 15.1. The topological polar surface area (TPSA) is 92.3 Å². The van der Waals surface area contributed by atoms with Gasteiger partial charge in [-0.3, -0.25) is 14.9 Å². The van der Waals surface area contributed by atoms with E-state index in [4.69, 9.17) is 4.74 Å². The number of aromatic nitrogens is 3. The molecule has 2 aromatic heterocycles. The molecule has 7 heteroatoms. The number of unbranched alkanes of at least 4 members (excludes halogenated alkanes) is 1. The van der Waals surface area contributed by atoms with Crippen LogP contribution in [0.15, 0.2) is 60.0 Å². The fourth-order valence-electron chi connectivity index (χ4n) is 2.38. The average Bonchev–Trinajstić information content (AvgIpc) is 3.19. The molecule has 2 N–H and O–H groups in total. The summed E-state index contributed by atoms with van der Waals surface area (Å²) in [4.78, 5) is 16.2. The highest BCUT2D eigenvalue weighted by Gasteiger charge is 2.13. The lowest BCUT2D eigenvalue weighted by Crippen LogP contribution is -2.18. The smallest absolute Gasteiger partial charge is 0.289 e. The number of H-pyrrole nitrogens is 1. The van der Waals surface area contributed by atoms with Gasteiger partial charge in [-0.25, -0.2) is 5.43 Å². The maximum atomic E-state index is 12.2. The minimum atomic E-state index is -0.377. The molecule has 1 amide bonds. The molecule has 0 atom stereocenters. The number of rotatable bonds is 8. The zero-order chi connectivity index (χ0) is 18.9. The molecule has 2 heterocycles. The minimum absolute atomic E-state index is 0.316. The number of ether oxygens (including phenoxy) is 1. The fraction of sp³-hybridized carbons (Fsp3) is 0.200. The van der Waals surface area contributed by atoms with Crippen LogP contribution in [0.3, 0.4) is 0 Å². The van der Waals surface area contributed by atoms with Crippen molar-refractivity contribution in [2.24, 2.45) is 5.10 Å². The Morgan fingerprint density at radius 3 is 3.00 bits per heavy atom. The van der Waals surface area contributed by atoms with Crippen molar-refractivity contribution in [2.45, 2.75) is 19.8 Å². The molecular formula is C20H21N5O2. The Hall–Kier alpha value is -3.48. The first kappa shape index (κ1) is 18.3. The molecule has 1 aromatic carbocycles. The summed E-state index contributed by atoms with van der Waals surface area (Å²) in [6.07, 6.45) is 6.90. The van der Waals surface area contributed by atoms with E-state index in [1.165, 1.54) is 6.21 Å². The molecule has 0 aliphatic rings. The Bertz CT molecular complexity index is 906. The number of para-hydroxylation sites is 1. The predicted octanol–water partition coefficient (Wildman–Crippen LogP) is 3.41. The molecule has 3 rings (SSSR count). The highest BCUT2D eigenvalue weighted by Crippen LogP contribution is 2.28. The number of amides is 1. The van der Waals surface area contributed by atoms with Crippen LogP contribution < -0.4 is 10.2 Å². The van der Waals surface area contributed by atoms with E-state index >= 15 is 0 Å². The molecule has 0 aliphatic heterocycles. The lowest BCUT2D eigenvalue weighted by Gasteiger charge is -2.09. The second-order valence-corrected chi connectivity index (χ2v) is 5.85. The number of hydrazone groups is 1. The Morgan fingerprint density at radius 1 is 1.30 bits per heavy atom. The third-order valence-electron chi connectivity index (χ3n) is 3.81. The lowest BCUT2D eigenvalue weighted by molar-refractivity contribution is 0.0950. The fourth-order valence-corrected chi connectivity index (χ4v) is 2.38. The molecule has 138 valence electrons. The predicted molar refractivity (Wildman–Crippen MR) is 104 cm³/mol. The third kappa shape index (κ3) is 5.01. The van der Waals surface area contributed by atoms with E-state index in [0.717, 1.165) is 29.7 Å². The van der Waals surface area contributed by atoms with Gasteiger partial charge in [0.15, 0.2) is 0 Å². The zero-order valence-corrected chi connectivity index (χ0v) is 15.1. The summed E-state index contributed by atoms with van der Waals surface area (Å²) < 4.78 is 5.83. The first-order chi connectivity index (χ1) is 13.3. The standard InChI is InChI=1S/C20H21N5O2/c1-2-3-11-27-19-9-5-4-8-16(19)17-12-18(24-23-17)20(26)25-22-14-15-7-6-10-21-13-15/h4-10,12-14H,2-3,11H2,1H3,(H,23,24)(H,25,26)/b22-14-. The third-order valence-corrected chi connectivity index (χ3v) is 3.81. The number of hydrogen-bond donors (Lipinski definition) is 2. The maximum absolute atomic E-state index is 12.2. The van der Waals surface area contributed by atoms with Crippen LogP contribution in [0.2, 0.25) is 0 Å². The van der Waals surface area contributed by atoms with Gasteiger partial charge in [0.05, 0.1) is 18.5 Å². The van der Waals surface area contributed by atoms with Crippen molar-refractivity contribution in [1.29, 1.82) is 0 Å². The normalized spacial score (nSPS) is 10.9. The molecule has 0 fully saturated rings. The van der Waals surface area contributed by atoms with E-state index in [0.29, 0.717) is 18.0 Å². The van der Waals surface area contributed by atoms with Crippen LogP contribution in [0, 0.1) is 0 Å². The van der Waals surface area contributed by atoms with E-state index in [1.807, 2.05) is 30.3 Å². The molecule has 0 radical (unpaired) electrons. The van der Waals surface area contributed by atoms with Gasteiger partial charge in [0.25, 0.3) is 5.91 Å². The summed E-state index contributed by atoms with van der Waals surface area (Å²) in [5, 5.41) is 10.9. The van der Waals surface area contributed by atoms with Crippen molar-refractivity contribution >= 4 is 12.1 Å². The minimum Gasteiger partial charge on any atom is -0.493 e. The number of benzene rings is 1. The Labute approximate surface area is 157 Å². The number of nitrogens with zero attached hydrogens (tertiary/aromatic N) is 3. The highest BCUT2D eigenvalue weighted by molar-refractivity contribution is 5.94. The van der Waals surface area contributed by atoms with Gasteiger partial charge in [-0.2, -0.15) is 10.2 Å². The van der Waals surface area contributed by atoms with Crippen LogP contribution >= 0.6 is 0 Å². The van der Waals surface area contributed by atoms with Gasteiger partial charge in [0.1, 0.15) is 11.4 Å². The Balaban J connectivity index is 1.68. The van der Waals surface area contributed by atoms with E-state index < -0.39 is 0 Å². The molecular weight excluding hydrogens is 342 g/mol. The van der Waals surface area contributed by atoms with Crippen molar-refractivity contribution in [2.75, 3.05) is 6.61 Å². The SMILES string of the molecule is CCCCOc1ccccc1-c1cc(C(=O)N/N=C\c2cccnc2)[nH]n1. The summed E-state index contributed by atoms with van der Waals surface area (Å²) >= 11 is 0. The lowest BCUT2D eigenvalue weighted by atomic mass is 10.1. The number of hydrogen-bond acceptors (Lipinski definition) is 5. The van der Waals surface area contributed by atoms with Crippen LogP contribution in [0.4, 0.5) is 0 Å². The van der Waals surface area contributed by atoms with Crippen LogP contribution in [0.25, 0.3) is 11.3 Å². The summed E-state index contributed by atoms with van der Waals surface area (Å²) in [7, 11) is 0. The number of carbonyl (C=O) groups is 1. The van der Waals surface area contributed by atoms with Crippen LogP contribution in [-0.4, -0.2) is 33.9 Å². The summed E-state index contributed by atoms with van der Waals surface area (Å²) in [5.41, 5.74) is 5.06. The second kappa shape index (κ2) is 9.28. The van der Waals surface area contributed by atoms with E-state index in [-0.39, 0.29) is 5.91 Å². The summed E-state index contributed by atoms with van der Waals surface area (Å²) in [5.74, 6) is 0.372. The Kier molecular flexibility index (Phi) is 6.30.